The molecule has 2 nitrogen and oxygen atoms in total. The summed E-state index contributed by atoms with van der Waals surface area (Å²) in [6.45, 7) is 1.13. The molecule has 72 valence electrons. The lowest BCUT2D eigenvalue weighted by atomic mass is 10.2. The van der Waals surface area contributed by atoms with Crippen molar-refractivity contribution in [3.8, 4) is 0 Å². The van der Waals surface area contributed by atoms with Gasteiger partial charge in [0.15, 0.2) is 0 Å². The van der Waals surface area contributed by atoms with Crippen LogP contribution in [0.5, 0.6) is 0 Å². The Balaban J connectivity index is 1.81. The van der Waals surface area contributed by atoms with Crippen molar-refractivity contribution in [1.82, 2.24) is 4.37 Å². The number of hydrogen-bond donors (Lipinski definition) is 1. The van der Waals surface area contributed by atoms with Crippen LogP contribution in [0.15, 0.2) is 24.4 Å². The third-order valence-corrected chi connectivity index (χ3v) is 3.41. The minimum absolute atomic E-state index is 0.923. The highest BCUT2D eigenvalue weighted by Gasteiger charge is 2.20. The molecule has 3 rings (SSSR count). The molecule has 0 amide bonds. The highest BCUT2D eigenvalue weighted by Crippen LogP contribution is 2.29. The van der Waals surface area contributed by atoms with Crippen LogP contribution in [0, 0.1) is 5.92 Å². The van der Waals surface area contributed by atoms with Gasteiger partial charge in [0.2, 0.25) is 0 Å². The summed E-state index contributed by atoms with van der Waals surface area (Å²) < 4.78 is 5.43. The van der Waals surface area contributed by atoms with E-state index < -0.39 is 0 Å². The smallest absolute Gasteiger partial charge is 0.0570 e. The second-order valence-electron chi connectivity index (χ2n) is 3.90. The van der Waals surface area contributed by atoms with Gasteiger partial charge in [0, 0.05) is 23.8 Å². The first-order valence-electron chi connectivity index (χ1n) is 5.00. The molecule has 1 saturated carbocycles. The lowest BCUT2D eigenvalue weighted by Gasteiger charge is -2.04. The summed E-state index contributed by atoms with van der Waals surface area (Å²) in [4.78, 5) is 0. The zero-order valence-electron chi connectivity index (χ0n) is 7.86. The summed E-state index contributed by atoms with van der Waals surface area (Å²) in [7, 11) is 0. The molecule has 1 heterocycles. The molecule has 3 heteroatoms. The number of benzene rings is 1. The normalized spacial score (nSPS) is 16.0. The predicted octanol–water partition coefficient (Wildman–Crippen LogP) is 3.12. The Morgan fingerprint density at radius 3 is 3.21 bits per heavy atom. The molecule has 0 aliphatic heterocycles. The molecule has 0 bridgehead atoms. The van der Waals surface area contributed by atoms with E-state index in [1.165, 1.54) is 28.6 Å². The maximum Gasteiger partial charge on any atom is 0.0570 e. The zero-order valence-corrected chi connectivity index (χ0v) is 8.68. The number of anilines is 1. The van der Waals surface area contributed by atoms with E-state index >= 15 is 0 Å². The first-order valence-corrected chi connectivity index (χ1v) is 5.77. The molecule has 1 fully saturated rings. The average Bonchev–Trinajstić information content (AvgIpc) is 2.92. The summed E-state index contributed by atoms with van der Waals surface area (Å²) in [5.74, 6) is 0.923. The number of rotatable bonds is 3. The number of nitrogens with zero attached hydrogens (tertiary/aromatic N) is 1. The van der Waals surface area contributed by atoms with Gasteiger partial charge >= 0.3 is 0 Å². The molecule has 1 aliphatic carbocycles. The Bertz CT molecular complexity index is 445. The third kappa shape index (κ3) is 1.60. The van der Waals surface area contributed by atoms with Crippen LogP contribution in [0.1, 0.15) is 12.8 Å². The number of aromatic nitrogens is 1. The standard InChI is InChI=1S/C11H12N2S/c1-2-8(1)6-12-10-4-3-9-7-13-14-11(9)5-10/h3-5,7-8,12H,1-2,6H2. The molecular formula is C11H12N2S. The summed E-state index contributed by atoms with van der Waals surface area (Å²) in [5.41, 5.74) is 1.23. The molecule has 0 atom stereocenters. The fraction of sp³-hybridized carbons (Fsp3) is 0.364. The van der Waals surface area contributed by atoms with Crippen molar-refractivity contribution >= 4 is 27.3 Å². The summed E-state index contributed by atoms with van der Waals surface area (Å²) in [5, 5.41) is 4.71. The summed E-state index contributed by atoms with van der Waals surface area (Å²) >= 11 is 1.56. The lowest BCUT2D eigenvalue weighted by molar-refractivity contribution is 0.890. The predicted molar refractivity (Wildman–Crippen MR) is 60.8 cm³/mol. The largest absolute Gasteiger partial charge is 0.385 e. The minimum atomic E-state index is 0.923. The molecule has 1 aromatic carbocycles. The molecule has 1 aliphatic rings. The van der Waals surface area contributed by atoms with E-state index in [1.54, 1.807) is 11.5 Å². The second kappa shape index (κ2) is 3.24. The summed E-state index contributed by atoms with van der Waals surface area (Å²) in [6.07, 6.45) is 4.72. The molecule has 2 aromatic rings. The van der Waals surface area contributed by atoms with Crippen molar-refractivity contribution in [2.24, 2.45) is 5.92 Å². The van der Waals surface area contributed by atoms with Crippen molar-refractivity contribution < 1.29 is 0 Å². The van der Waals surface area contributed by atoms with Crippen LogP contribution >= 0.6 is 11.5 Å². The molecule has 0 radical (unpaired) electrons. The van der Waals surface area contributed by atoms with Gasteiger partial charge in [-0.15, -0.1) is 0 Å². The number of hydrogen-bond acceptors (Lipinski definition) is 3. The van der Waals surface area contributed by atoms with Crippen molar-refractivity contribution in [3.05, 3.63) is 24.4 Å². The van der Waals surface area contributed by atoms with E-state index in [1.807, 2.05) is 6.20 Å². The maximum atomic E-state index is 4.16. The van der Waals surface area contributed by atoms with Gasteiger partial charge in [0.05, 0.1) is 4.70 Å². The molecular weight excluding hydrogens is 192 g/mol. The van der Waals surface area contributed by atoms with Crippen molar-refractivity contribution in [2.45, 2.75) is 12.8 Å². The molecule has 1 N–H and O–H groups in total. The van der Waals surface area contributed by atoms with Gasteiger partial charge in [-0.3, -0.25) is 0 Å². The van der Waals surface area contributed by atoms with Gasteiger partial charge in [-0.05, 0) is 48.5 Å². The van der Waals surface area contributed by atoms with Gasteiger partial charge in [-0.2, -0.15) is 4.37 Å². The average molecular weight is 204 g/mol. The van der Waals surface area contributed by atoms with Gasteiger partial charge in [-0.1, -0.05) is 0 Å². The van der Waals surface area contributed by atoms with E-state index in [-0.39, 0.29) is 0 Å². The topological polar surface area (TPSA) is 24.9 Å². The van der Waals surface area contributed by atoms with Crippen molar-refractivity contribution in [2.75, 3.05) is 11.9 Å². The fourth-order valence-corrected chi connectivity index (χ4v) is 2.24. The van der Waals surface area contributed by atoms with E-state index in [9.17, 15) is 0 Å². The highest BCUT2D eigenvalue weighted by atomic mass is 32.1. The monoisotopic (exact) mass is 204 g/mol. The van der Waals surface area contributed by atoms with E-state index in [0.29, 0.717) is 0 Å². The van der Waals surface area contributed by atoms with Crippen LogP contribution in [-0.4, -0.2) is 10.9 Å². The zero-order chi connectivity index (χ0) is 9.38. The second-order valence-corrected chi connectivity index (χ2v) is 4.74. The molecule has 0 spiro atoms. The Labute approximate surface area is 87.1 Å². The minimum Gasteiger partial charge on any atom is -0.385 e. The van der Waals surface area contributed by atoms with Crippen LogP contribution in [-0.2, 0) is 0 Å². The van der Waals surface area contributed by atoms with Gasteiger partial charge in [-0.25, -0.2) is 0 Å². The highest BCUT2D eigenvalue weighted by molar-refractivity contribution is 7.13. The SMILES string of the molecule is c1cc2cnsc2cc1NCC1CC1. The van der Waals surface area contributed by atoms with Gasteiger partial charge in [0.1, 0.15) is 0 Å². The fourth-order valence-electron chi connectivity index (χ4n) is 1.55. The molecule has 0 unspecified atom stereocenters. The van der Waals surface area contributed by atoms with Crippen LogP contribution in [0.25, 0.3) is 10.1 Å². The molecule has 14 heavy (non-hydrogen) atoms. The van der Waals surface area contributed by atoms with Crippen molar-refractivity contribution in [3.63, 3.8) is 0 Å². The summed E-state index contributed by atoms with van der Waals surface area (Å²) in [6, 6.07) is 6.46. The quantitative estimate of drug-likeness (QED) is 0.831. The van der Waals surface area contributed by atoms with Gasteiger partial charge in [0.25, 0.3) is 0 Å². The van der Waals surface area contributed by atoms with E-state index in [2.05, 4.69) is 27.9 Å². The maximum absolute atomic E-state index is 4.16. The van der Waals surface area contributed by atoms with E-state index in [0.717, 1.165) is 12.5 Å². The Hall–Kier alpha value is -1.09. The Morgan fingerprint density at radius 2 is 2.36 bits per heavy atom. The molecule has 0 saturated heterocycles. The van der Waals surface area contributed by atoms with Crippen LogP contribution < -0.4 is 5.32 Å². The van der Waals surface area contributed by atoms with Crippen LogP contribution in [0.4, 0.5) is 5.69 Å². The number of fused-ring (bicyclic) bond motifs is 1. The van der Waals surface area contributed by atoms with Crippen LogP contribution in [0.3, 0.4) is 0 Å². The molecule has 1 aromatic heterocycles. The first-order chi connectivity index (χ1) is 6.92. The van der Waals surface area contributed by atoms with E-state index in [4.69, 9.17) is 0 Å². The van der Waals surface area contributed by atoms with Crippen molar-refractivity contribution in [1.29, 1.82) is 0 Å². The first kappa shape index (κ1) is 8.24. The van der Waals surface area contributed by atoms with Gasteiger partial charge < -0.3 is 5.32 Å². The third-order valence-electron chi connectivity index (χ3n) is 2.65. The lowest BCUT2D eigenvalue weighted by Crippen LogP contribution is -2.02. The Kier molecular flexibility index (Phi) is 1.91. The number of nitrogens with one attached hydrogen (secondary N) is 1. The van der Waals surface area contributed by atoms with Crippen LogP contribution in [0.2, 0.25) is 0 Å². The Morgan fingerprint density at radius 1 is 1.43 bits per heavy atom.